The van der Waals surface area contributed by atoms with Crippen LogP contribution in [0.1, 0.15) is 23.6 Å². The second-order valence-electron chi connectivity index (χ2n) is 5.87. The van der Waals surface area contributed by atoms with Gasteiger partial charge in [-0.3, -0.25) is 0 Å². The van der Waals surface area contributed by atoms with E-state index in [4.69, 9.17) is 0 Å². The second-order valence-corrected chi connectivity index (χ2v) is 5.87. The van der Waals surface area contributed by atoms with Crippen molar-refractivity contribution in [1.82, 2.24) is 4.98 Å². The van der Waals surface area contributed by atoms with Crippen molar-refractivity contribution in [2.75, 3.05) is 0 Å². The molecule has 0 fully saturated rings. The van der Waals surface area contributed by atoms with Crippen molar-refractivity contribution in [3.8, 4) is 0 Å². The number of H-pyrrole nitrogens is 1. The summed E-state index contributed by atoms with van der Waals surface area (Å²) in [5.41, 5.74) is 6.30. The zero-order valence-electron chi connectivity index (χ0n) is 13.2. The molecule has 1 nitrogen and oxygen atoms in total. The normalized spacial score (nSPS) is 11.7. The standard InChI is InChI=1S/C22H19N/c1-2-18-9-6-10-19-20-15-17(13-14-21(20)23-22(18)19)12-11-16-7-4-3-5-8-16/h3-15,23H,2H2,1H3/b12-11+. The van der Waals surface area contributed by atoms with Crippen LogP contribution in [0.25, 0.3) is 34.0 Å². The Bertz CT molecular complexity index is 991. The lowest BCUT2D eigenvalue weighted by Crippen LogP contribution is -1.80. The van der Waals surface area contributed by atoms with Crippen molar-refractivity contribution in [2.24, 2.45) is 0 Å². The molecule has 1 aromatic heterocycles. The minimum absolute atomic E-state index is 1.05. The Balaban J connectivity index is 1.81. The van der Waals surface area contributed by atoms with E-state index in [1.54, 1.807) is 0 Å². The third-order valence-electron chi connectivity index (χ3n) is 4.39. The highest BCUT2D eigenvalue weighted by atomic mass is 14.7. The van der Waals surface area contributed by atoms with E-state index < -0.39 is 0 Å². The first-order valence-electron chi connectivity index (χ1n) is 8.11. The van der Waals surface area contributed by atoms with Crippen molar-refractivity contribution in [1.29, 1.82) is 0 Å². The molecule has 1 heterocycles. The molecule has 1 N–H and O–H groups in total. The molecule has 1 heteroatoms. The molecule has 0 unspecified atom stereocenters. The molecule has 0 aliphatic carbocycles. The molecule has 4 aromatic rings. The number of aryl methyl sites for hydroxylation is 1. The fourth-order valence-corrected chi connectivity index (χ4v) is 3.16. The third kappa shape index (κ3) is 2.55. The number of hydrogen-bond donors (Lipinski definition) is 1. The summed E-state index contributed by atoms with van der Waals surface area (Å²) in [6.07, 6.45) is 5.38. The van der Waals surface area contributed by atoms with Gasteiger partial charge in [-0.2, -0.15) is 0 Å². The largest absolute Gasteiger partial charge is 0.354 e. The number of rotatable bonds is 3. The summed E-state index contributed by atoms with van der Waals surface area (Å²) < 4.78 is 0. The van der Waals surface area contributed by atoms with Gasteiger partial charge in [0.2, 0.25) is 0 Å². The Kier molecular flexibility index (Phi) is 3.47. The Morgan fingerprint density at radius 1 is 0.783 bits per heavy atom. The zero-order valence-corrected chi connectivity index (χ0v) is 13.2. The monoisotopic (exact) mass is 297 g/mol. The average molecular weight is 297 g/mol. The van der Waals surface area contributed by atoms with Crippen molar-refractivity contribution in [2.45, 2.75) is 13.3 Å². The Hall–Kier alpha value is -2.80. The summed E-state index contributed by atoms with van der Waals surface area (Å²) in [6, 6.07) is 23.6. The van der Waals surface area contributed by atoms with Gasteiger partial charge in [0.1, 0.15) is 0 Å². The van der Waals surface area contributed by atoms with E-state index in [-0.39, 0.29) is 0 Å². The van der Waals surface area contributed by atoms with Gasteiger partial charge in [0, 0.05) is 21.8 Å². The van der Waals surface area contributed by atoms with Crippen LogP contribution in [0, 0.1) is 0 Å². The summed E-state index contributed by atoms with van der Waals surface area (Å²) in [5, 5.41) is 2.61. The first kappa shape index (κ1) is 13.8. The Morgan fingerprint density at radius 3 is 2.43 bits per heavy atom. The van der Waals surface area contributed by atoms with Gasteiger partial charge in [0.15, 0.2) is 0 Å². The van der Waals surface area contributed by atoms with Crippen LogP contribution in [-0.2, 0) is 6.42 Å². The average Bonchev–Trinajstić information content (AvgIpc) is 2.99. The van der Waals surface area contributed by atoms with Crippen LogP contribution in [0.3, 0.4) is 0 Å². The molecule has 0 bridgehead atoms. The predicted octanol–water partition coefficient (Wildman–Crippen LogP) is 6.05. The molecule has 0 saturated heterocycles. The number of aromatic amines is 1. The topological polar surface area (TPSA) is 15.8 Å². The molecule has 0 spiro atoms. The number of hydrogen-bond acceptors (Lipinski definition) is 0. The number of fused-ring (bicyclic) bond motifs is 3. The number of para-hydroxylation sites is 1. The van der Waals surface area contributed by atoms with Gasteiger partial charge in [-0.05, 0) is 35.2 Å². The SMILES string of the molecule is CCc1cccc2c1[nH]c1ccc(/C=C/c3ccccc3)cc12. The van der Waals surface area contributed by atoms with Gasteiger partial charge in [0.25, 0.3) is 0 Å². The molecule has 0 aliphatic heterocycles. The van der Waals surface area contributed by atoms with Crippen LogP contribution in [0.4, 0.5) is 0 Å². The van der Waals surface area contributed by atoms with Gasteiger partial charge in [-0.15, -0.1) is 0 Å². The van der Waals surface area contributed by atoms with E-state index in [0.29, 0.717) is 0 Å². The third-order valence-corrected chi connectivity index (χ3v) is 4.39. The molecular formula is C22H19N. The van der Waals surface area contributed by atoms with Crippen molar-refractivity contribution in [3.05, 3.63) is 83.4 Å². The first-order valence-corrected chi connectivity index (χ1v) is 8.11. The summed E-state index contributed by atoms with van der Waals surface area (Å²) >= 11 is 0. The van der Waals surface area contributed by atoms with E-state index in [9.17, 15) is 0 Å². The molecule has 0 aliphatic rings. The van der Waals surface area contributed by atoms with E-state index >= 15 is 0 Å². The van der Waals surface area contributed by atoms with Crippen molar-refractivity contribution in [3.63, 3.8) is 0 Å². The molecule has 0 radical (unpaired) electrons. The lowest BCUT2D eigenvalue weighted by Gasteiger charge is -1.98. The first-order chi connectivity index (χ1) is 11.3. The molecule has 0 amide bonds. The second kappa shape index (κ2) is 5.77. The van der Waals surface area contributed by atoms with Crippen LogP contribution in [0.2, 0.25) is 0 Å². The maximum atomic E-state index is 3.57. The van der Waals surface area contributed by atoms with Crippen molar-refractivity contribution >= 4 is 34.0 Å². The summed E-state index contributed by atoms with van der Waals surface area (Å²) in [6.45, 7) is 2.20. The Morgan fingerprint density at radius 2 is 1.61 bits per heavy atom. The quantitative estimate of drug-likeness (QED) is 0.443. The van der Waals surface area contributed by atoms with Gasteiger partial charge < -0.3 is 4.98 Å². The minimum Gasteiger partial charge on any atom is -0.354 e. The van der Waals surface area contributed by atoms with Gasteiger partial charge in [-0.25, -0.2) is 0 Å². The molecule has 0 saturated carbocycles. The fourth-order valence-electron chi connectivity index (χ4n) is 3.16. The van der Waals surface area contributed by atoms with E-state index in [2.05, 4.69) is 84.7 Å². The van der Waals surface area contributed by atoms with E-state index in [1.807, 2.05) is 6.07 Å². The smallest absolute Gasteiger partial charge is 0.0497 e. The number of aromatic nitrogens is 1. The van der Waals surface area contributed by atoms with Crippen LogP contribution in [0.15, 0.2) is 66.7 Å². The maximum absolute atomic E-state index is 3.57. The van der Waals surface area contributed by atoms with Crippen LogP contribution < -0.4 is 0 Å². The molecule has 0 atom stereocenters. The molecule has 112 valence electrons. The zero-order chi connectivity index (χ0) is 15.6. The minimum atomic E-state index is 1.05. The van der Waals surface area contributed by atoms with E-state index in [1.165, 1.54) is 38.5 Å². The van der Waals surface area contributed by atoms with Crippen LogP contribution in [0.5, 0.6) is 0 Å². The fraction of sp³-hybridized carbons (Fsp3) is 0.0909. The molecular weight excluding hydrogens is 278 g/mol. The van der Waals surface area contributed by atoms with Gasteiger partial charge >= 0.3 is 0 Å². The Labute approximate surface area is 136 Å². The number of nitrogens with one attached hydrogen (secondary N) is 1. The van der Waals surface area contributed by atoms with E-state index in [0.717, 1.165) is 6.42 Å². The lowest BCUT2D eigenvalue weighted by atomic mass is 10.1. The lowest BCUT2D eigenvalue weighted by molar-refractivity contribution is 1.15. The summed E-state index contributed by atoms with van der Waals surface area (Å²) in [4.78, 5) is 3.57. The molecule has 23 heavy (non-hydrogen) atoms. The highest BCUT2D eigenvalue weighted by Crippen LogP contribution is 2.29. The van der Waals surface area contributed by atoms with Crippen LogP contribution in [-0.4, -0.2) is 4.98 Å². The van der Waals surface area contributed by atoms with Crippen molar-refractivity contribution < 1.29 is 0 Å². The molecule has 3 aromatic carbocycles. The highest BCUT2D eigenvalue weighted by Gasteiger charge is 2.07. The highest BCUT2D eigenvalue weighted by molar-refractivity contribution is 6.08. The maximum Gasteiger partial charge on any atom is 0.0497 e. The summed E-state index contributed by atoms with van der Waals surface area (Å²) in [7, 11) is 0. The van der Waals surface area contributed by atoms with Gasteiger partial charge in [0.05, 0.1) is 0 Å². The number of benzene rings is 3. The predicted molar refractivity (Wildman–Crippen MR) is 101 cm³/mol. The summed E-state index contributed by atoms with van der Waals surface area (Å²) in [5.74, 6) is 0. The molecule has 4 rings (SSSR count). The van der Waals surface area contributed by atoms with Crippen LogP contribution >= 0.6 is 0 Å². The van der Waals surface area contributed by atoms with Gasteiger partial charge in [-0.1, -0.05) is 73.7 Å².